The second kappa shape index (κ2) is 7.76. The van der Waals surface area contributed by atoms with Crippen molar-refractivity contribution in [3.8, 4) is 5.75 Å². The molecule has 0 aliphatic heterocycles. The number of benzene rings is 2. The summed E-state index contributed by atoms with van der Waals surface area (Å²) in [6.45, 7) is 3.45. The molecule has 0 radical (unpaired) electrons. The Hall–Kier alpha value is -1.91. The van der Waals surface area contributed by atoms with Crippen LogP contribution in [0.15, 0.2) is 48.5 Å². The lowest BCUT2D eigenvalue weighted by Gasteiger charge is -2.15. The van der Waals surface area contributed by atoms with Crippen molar-refractivity contribution < 1.29 is 14.2 Å². The lowest BCUT2D eigenvalue weighted by Crippen LogP contribution is -2.15. The van der Waals surface area contributed by atoms with Crippen LogP contribution >= 0.6 is 0 Å². The first-order chi connectivity index (χ1) is 10.2. The Bertz CT molecular complexity index is 560. The van der Waals surface area contributed by atoms with Gasteiger partial charge in [0.2, 0.25) is 0 Å². The third kappa shape index (κ3) is 4.55. The Morgan fingerprint density at radius 2 is 1.95 bits per heavy atom. The zero-order valence-corrected chi connectivity index (χ0v) is 12.1. The largest absolute Gasteiger partial charge is 0.490 e. The third-order valence-corrected chi connectivity index (χ3v) is 3.17. The maximum Gasteiger partial charge on any atom is 0.124 e. The van der Waals surface area contributed by atoms with Gasteiger partial charge in [0, 0.05) is 12.1 Å². The highest BCUT2D eigenvalue weighted by atomic mass is 19.1. The van der Waals surface area contributed by atoms with Gasteiger partial charge in [0.05, 0.1) is 0 Å². The van der Waals surface area contributed by atoms with Gasteiger partial charge in [-0.1, -0.05) is 37.3 Å². The molecule has 0 aromatic heterocycles. The first kappa shape index (κ1) is 15.5. The van der Waals surface area contributed by atoms with Crippen LogP contribution in [0.2, 0.25) is 0 Å². The number of rotatable bonds is 7. The van der Waals surface area contributed by atoms with Crippen molar-refractivity contribution in [2.45, 2.75) is 19.6 Å². The monoisotopic (exact) mass is 289 g/mol. The maximum atomic E-state index is 13.3. The number of ether oxygens (including phenoxy) is 1. The van der Waals surface area contributed by atoms with Crippen LogP contribution in [0.4, 0.5) is 4.39 Å². The summed E-state index contributed by atoms with van der Waals surface area (Å²) in [4.78, 5) is 0. The summed E-state index contributed by atoms with van der Waals surface area (Å²) < 4.78 is 19.0. The normalized spacial score (nSPS) is 12.1. The summed E-state index contributed by atoms with van der Waals surface area (Å²) in [7, 11) is 0. The standard InChI is InChI=1S/C17H20FNO2/c1-2-19-11-14-10-15(18)8-9-17(14)21-12-16(20)13-6-4-3-5-7-13/h3-10,16,19-20H,2,11-12H2,1H3. The molecular weight excluding hydrogens is 269 g/mol. The van der Waals surface area contributed by atoms with E-state index in [1.807, 2.05) is 37.3 Å². The minimum atomic E-state index is -0.705. The first-order valence-electron chi connectivity index (χ1n) is 7.05. The van der Waals surface area contributed by atoms with E-state index in [1.54, 1.807) is 6.07 Å². The van der Waals surface area contributed by atoms with Crippen molar-refractivity contribution in [2.75, 3.05) is 13.2 Å². The van der Waals surface area contributed by atoms with Gasteiger partial charge in [-0.05, 0) is 30.3 Å². The van der Waals surface area contributed by atoms with E-state index < -0.39 is 6.10 Å². The van der Waals surface area contributed by atoms with Crippen LogP contribution in [-0.4, -0.2) is 18.3 Å². The van der Waals surface area contributed by atoms with E-state index in [1.165, 1.54) is 12.1 Å². The highest BCUT2D eigenvalue weighted by Gasteiger charge is 2.10. The Morgan fingerprint density at radius 3 is 2.67 bits per heavy atom. The Balaban J connectivity index is 2.02. The number of halogens is 1. The molecule has 21 heavy (non-hydrogen) atoms. The highest BCUT2D eigenvalue weighted by Crippen LogP contribution is 2.22. The molecule has 0 spiro atoms. The van der Waals surface area contributed by atoms with E-state index >= 15 is 0 Å². The predicted molar refractivity (Wildman–Crippen MR) is 80.7 cm³/mol. The smallest absolute Gasteiger partial charge is 0.124 e. The number of nitrogens with one attached hydrogen (secondary N) is 1. The van der Waals surface area contributed by atoms with E-state index in [0.29, 0.717) is 12.3 Å². The molecule has 0 aliphatic rings. The van der Waals surface area contributed by atoms with Gasteiger partial charge in [-0.15, -0.1) is 0 Å². The molecule has 2 aromatic rings. The van der Waals surface area contributed by atoms with Crippen molar-refractivity contribution in [3.05, 3.63) is 65.5 Å². The third-order valence-electron chi connectivity index (χ3n) is 3.17. The van der Waals surface area contributed by atoms with Gasteiger partial charge >= 0.3 is 0 Å². The zero-order valence-electron chi connectivity index (χ0n) is 12.1. The first-order valence-corrected chi connectivity index (χ1v) is 7.05. The Labute approximate surface area is 124 Å². The molecule has 0 saturated carbocycles. The SMILES string of the molecule is CCNCc1cc(F)ccc1OCC(O)c1ccccc1. The molecule has 0 fully saturated rings. The molecule has 4 heteroatoms. The average Bonchev–Trinajstić information content (AvgIpc) is 2.52. The molecule has 0 aliphatic carbocycles. The molecule has 0 saturated heterocycles. The van der Waals surface area contributed by atoms with Crippen LogP contribution in [0.3, 0.4) is 0 Å². The molecule has 112 valence electrons. The fourth-order valence-corrected chi connectivity index (χ4v) is 2.03. The van der Waals surface area contributed by atoms with Gasteiger partial charge in [-0.25, -0.2) is 4.39 Å². The topological polar surface area (TPSA) is 41.5 Å². The minimum absolute atomic E-state index is 0.134. The maximum absolute atomic E-state index is 13.3. The van der Waals surface area contributed by atoms with Gasteiger partial charge in [0.25, 0.3) is 0 Å². The van der Waals surface area contributed by atoms with Gasteiger partial charge in [-0.2, -0.15) is 0 Å². The van der Waals surface area contributed by atoms with E-state index in [-0.39, 0.29) is 12.4 Å². The lowest BCUT2D eigenvalue weighted by atomic mass is 10.1. The average molecular weight is 289 g/mol. The van der Waals surface area contributed by atoms with E-state index in [0.717, 1.165) is 17.7 Å². The molecule has 2 aromatic carbocycles. The molecule has 1 atom stereocenters. The van der Waals surface area contributed by atoms with Crippen LogP contribution in [0.5, 0.6) is 5.75 Å². The second-order valence-corrected chi connectivity index (χ2v) is 4.77. The summed E-state index contributed by atoms with van der Waals surface area (Å²) >= 11 is 0. The number of hydrogen-bond acceptors (Lipinski definition) is 3. The van der Waals surface area contributed by atoms with Gasteiger partial charge in [0.1, 0.15) is 24.3 Å². The highest BCUT2D eigenvalue weighted by molar-refractivity contribution is 5.34. The number of hydrogen-bond donors (Lipinski definition) is 2. The molecule has 1 unspecified atom stereocenters. The van der Waals surface area contributed by atoms with Gasteiger partial charge in [0.15, 0.2) is 0 Å². The number of aliphatic hydroxyl groups excluding tert-OH is 1. The molecular formula is C17H20FNO2. The predicted octanol–water partition coefficient (Wildman–Crippen LogP) is 3.05. The molecule has 3 nitrogen and oxygen atoms in total. The second-order valence-electron chi connectivity index (χ2n) is 4.77. The van der Waals surface area contributed by atoms with E-state index in [4.69, 9.17) is 4.74 Å². The fourth-order valence-electron chi connectivity index (χ4n) is 2.03. The minimum Gasteiger partial charge on any atom is -0.490 e. The number of aliphatic hydroxyl groups is 1. The summed E-state index contributed by atoms with van der Waals surface area (Å²) in [5.41, 5.74) is 1.55. The lowest BCUT2D eigenvalue weighted by molar-refractivity contribution is 0.107. The van der Waals surface area contributed by atoms with Crippen LogP contribution in [0.1, 0.15) is 24.2 Å². The molecule has 2 rings (SSSR count). The van der Waals surface area contributed by atoms with Crippen LogP contribution in [0.25, 0.3) is 0 Å². The van der Waals surface area contributed by atoms with Crippen molar-refractivity contribution in [1.82, 2.24) is 5.32 Å². The molecule has 2 N–H and O–H groups in total. The molecule has 0 bridgehead atoms. The summed E-state index contributed by atoms with van der Waals surface area (Å²) in [6.07, 6.45) is -0.705. The molecule has 0 heterocycles. The van der Waals surface area contributed by atoms with Crippen LogP contribution in [0, 0.1) is 5.82 Å². The van der Waals surface area contributed by atoms with Crippen molar-refractivity contribution >= 4 is 0 Å². The zero-order chi connectivity index (χ0) is 15.1. The van der Waals surface area contributed by atoms with Crippen molar-refractivity contribution in [1.29, 1.82) is 0 Å². The van der Waals surface area contributed by atoms with Crippen molar-refractivity contribution in [2.24, 2.45) is 0 Å². The quantitative estimate of drug-likeness (QED) is 0.823. The van der Waals surface area contributed by atoms with Crippen LogP contribution in [-0.2, 0) is 6.54 Å². The Kier molecular flexibility index (Phi) is 5.72. The summed E-state index contributed by atoms with van der Waals surface area (Å²) in [6, 6.07) is 13.7. The molecule has 0 amide bonds. The van der Waals surface area contributed by atoms with Gasteiger partial charge < -0.3 is 15.2 Å². The van der Waals surface area contributed by atoms with Crippen LogP contribution < -0.4 is 10.1 Å². The summed E-state index contributed by atoms with van der Waals surface area (Å²) in [5, 5.41) is 13.2. The fraction of sp³-hybridized carbons (Fsp3) is 0.294. The van der Waals surface area contributed by atoms with Crippen molar-refractivity contribution in [3.63, 3.8) is 0 Å². The summed E-state index contributed by atoms with van der Waals surface area (Å²) in [5.74, 6) is 0.297. The van der Waals surface area contributed by atoms with E-state index in [9.17, 15) is 9.50 Å². The van der Waals surface area contributed by atoms with Gasteiger partial charge in [-0.3, -0.25) is 0 Å². The van der Waals surface area contributed by atoms with E-state index in [2.05, 4.69) is 5.32 Å². The Morgan fingerprint density at radius 1 is 1.19 bits per heavy atom.